The summed E-state index contributed by atoms with van der Waals surface area (Å²) in [4.78, 5) is 11.6. The monoisotopic (exact) mass is 471 g/mol. The Morgan fingerprint density at radius 3 is 2.52 bits per heavy atom. The SMILES string of the molecule is CSc1nncn1-c1cccc(NS(=O)(=O)c2ccc(C(=O)NCC(F)(F)F)cc2)c1. The summed E-state index contributed by atoms with van der Waals surface area (Å²) in [5.41, 5.74) is 0.832. The Balaban J connectivity index is 1.75. The normalized spacial score (nSPS) is 11.9. The van der Waals surface area contributed by atoms with E-state index < -0.39 is 28.7 Å². The molecule has 164 valence electrons. The lowest BCUT2D eigenvalue weighted by Gasteiger charge is -2.11. The molecule has 1 amide bonds. The number of thioether (sulfide) groups is 1. The number of nitrogens with zero attached hydrogens (tertiary/aromatic N) is 3. The summed E-state index contributed by atoms with van der Waals surface area (Å²) in [7, 11) is -4.00. The first-order chi connectivity index (χ1) is 14.6. The smallest absolute Gasteiger partial charge is 0.343 e. The van der Waals surface area contributed by atoms with Gasteiger partial charge in [-0.2, -0.15) is 13.2 Å². The summed E-state index contributed by atoms with van der Waals surface area (Å²) < 4.78 is 66.1. The highest BCUT2D eigenvalue weighted by Crippen LogP contribution is 2.22. The number of anilines is 1. The highest BCUT2D eigenvalue weighted by molar-refractivity contribution is 7.98. The van der Waals surface area contributed by atoms with Gasteiger partial charge in [0.05, 0.1) is 16.3 Å². The van der Waals surface area contributed by atoms with Gasteiger partial charge in [0, 0.05) is 5.56 Å². The Labute approximate surface area is 179 Å². The lowest BCUT2D eigenvalue weighted by atomic mass is 10.2. The second-order valence-electron chi connectivity index (χ2n) is 6.17. The highest BCUT2D eigenvalue weighted by atomic mass is 32.2. The molecule has 0 aliphatic rings. The van der Waals surface area contributed by atoms with Crippen LogP contribution in [0.4, 0.5) is 18.9 Å². The fraction of sp³-hybridized carbons (Fsp3) is 0.167. The standard InChI is InChI=1S/C18H16F3N5O3S2/c1-30-17-24-23-11-26(17)14-4-2-3-13(9-14)25-31(28,29)15-7-5-12(6-8-15)16(27)22-10-18(19,20)21/h2-9,11,25H,10H2,1H3,(H,22,27). The lowest BCUT2D eigenvalue weighted by Crippen LogP contribution is -2.33. The van der Waals surface area contributed by atoms with Crippen LogP contribution in [0, 0.1) is 0 Å². The van der Waals surface area contributed by atoms with Crippen molar-refractivity contribution in [2.45, 2.75) is 16.2 Å². The number of carbonyl (C=O) groups is 1. The topological polar surface area (TPSA) is 106 Å². The zero-order chi connectivity index (χ0) is 22.6. The molecule has 1 heterocycles. The molecule has 31 heavy (non-hydrogen) atoms. The average Bonchev–Trinajstić information content (AvgIpc) is 3.20. The van der Waals surface area contributed by atoms with Crippen LogP contribution in [-0.4, -0.2) is 48.1 Å². The molecule has 1 aromatic heterocycles. The first kappa shape index (κ1) is 22.6. The van der Waals surface area contributed by atoms with Crippen LogP contribution < -0.4 is 10.0 Å². The average molecular weight is 471 g/mol. The molecule has 13 heteroatoms. The molecule has 0 aliphatic carbocycles. The summed E-state index contributed by atoms with van der Waals surface area (Å²) >= 11 is 1.38. The molecule has 0 radical (unpaired) electrons. The summed E-state index contributed by atoms with van der Waals surface area (Å²) in [6.07, 6.45) is -1.21. The van der Waals surface area contributed by atoms with Crippen LogP contribution in [0.25, 0.3) is 5.69 Å². The second kappa shape index (κ2) is 8.98. The van der Waals surface area contributed by atoms with Crippen LogP contribution in [0.2, 0.25) is 0 Å². The van der Waals surface area contributed by atoms with Crippen LogP contribution >= 0.6 is 11.8 Å². The van der Waals surface area contributed by atoms with E-state index in [4.69, 9.17) is 0 Å². The van der Waals surface area contributed by atoms with Gasteiger partial charge in [-0.25, -0.2) is 8.42 Å². The molecule has 0 aliphatic heterocycles. The minimum Gasteiger partial charge on any atom is -0.343 e. The van der Waals surface area contributed by atoms with Gasteiger partial charge in [-0.05, 0) is 48.7 Å². The van der Waals surface area contributed by atoms with Crippen molar-refractivity contribution in [2.75, 3.05) is 17.5 Å². The molecule has 0 atom stereocenters. The minimum absolute atomic E-state index is 0.0950. The fourth-order valence-electron chi connectivity index (χ4n) is 2.54. The number of benzene rings is 2. The van der Waals surface area contributed by atoms with E-state index in [1.807, 2.05) is 6.26 Å². The van der Waals surface area contributed by atoms with Crippen molar-refractivity contribution in [3.8, 4) is 5.69 Å². The van der Waals surface area contributed by atoms with Gasteiger partial charge in [-0.3, -0.25) is 14.1 Å². The van der Waals surface area contributed by atoms with Crippen molar-refractivity contribution in [3.63, 3.8) is 0 Å². The van der Waals surface area contributed by atoms with Gasteiger partial charge in [-0.1, -0.05) is 17.8 Å². The van der Waals surface area contributed by atoms with Crippen LogP contribution in [0.1, 0.15) is 10.4 Å². The zero-order valence-corrected chi connectivity index (χ0v) is 17.6. The third kappa shape index (κ3) is 5.76. The van der Waals surface area contributed by atoms with E-state index in [2.05, 4.69) is 14.9 Å². The molecule has 2 N–H and O–H groups in total. The maximum atomic E-state index is 12.7. The van der Waals surface area contributed by atoms with Crippen LogP contribution in [-0.2, 0) is 10.0 Å². The molecule has 0 unspecified atom stereocenters. The molecular formula is C18H16F3N5O3S2. The minimum atomic E-state index is -4.54. The van der Waals surface area contributed by atoms with Crippen molar-refractivity contribution < 1.29 is 26.4 Å². The second-order valence-corrected chi connectivity index (χ2v) is 8.62. The number of rotatable bonds is 7. The fourth-order valence-corrected chi connectivity index (χ4v) is 4.07. The van der Waals surface area contributed by atoms with Gasteiger partial charge in [0.2, 0.25) is 0 Å². The number of carbonyl (C=O) groups excluding carboxylic acids is 1. The van der Waals surface area contributed by atoms with E-state index in [-0.39, 0.29) is 16.1 Å². The van der Waals surface area contributed by atoms with Crippen LogP contribution in [0.15, 0.2) is 64.9 Å². The van der Waals surface area contributed by atoms with Crippen molar-refractivity contribution >= 4 is 33.4 Å². The Kier molecular flexibility index (Phi) is 6.55. The molecule has 0 spiro atoms. The first-order valence-electron chi connectivity index (χ1n) is 8.61. The summed E-state index contributed by atoms with van der Waals surface area (Å²) in [6.45, 7) is -1.48. The zero-order valence-electron chi connectivity index (χ0n) is 15.9. The van der Waals surface area contributed by atoms with Crippen molar-refractivity contribution in [1.29, 1.82) is 0 Å². The van der Waals surface area contributed by atoms with E-state index in [1.54, 1.807) is 34.1 Å². The number of alkyl halides is 3. The van der Waals surface area contributed by atoms with Crippen LogP contribution in [0.5, 0.6) is 0 Å². The van der Waals surface area contributed by atoms with Gasteiger partial charge in [0.25, 0.3) is 15.9 Å². The number of hydrogen-bond acceptors (Lipinski definition) is 6. The van der Waals surface area contributed by atoms with Gasteiger partial charge in [0.15, 0.2) is 5.16 Å². The van der Waals surface area contributed by atoms with E-state index >= 15 is 0 Å². The molecule has 0 saturated heterocycles. The Morgan fingerprint density at radius 1 is 1.16 bits per heavy atom. The maximum Gasteiger partial charge on any atom is 0.405 e. The number of amides is 1. The van der Waals surface area contributed by atoms with Crippen LogP contribution in [0.3, 0.4) is 0 Å². The number of sulfonamides is 1. The predicted octanol–water partition coefficient (Wildman–Crippen LogP) is 3.08. The quantitative estimate of drug-likeness (QED) is 0.513. The summed E-state index contributed by atoms with van der Waals surface area (Å²) in [5.74, 6) is -0.958. The maximum absolute atomic E-state index is 12.7. The number of aromatic nitrogens is 3. The molecule has 0 saturated carbocycles. The predicted molar refractivity (Wildman–Crippen MR) is 109 cm³/mol. The van der Waals surface area contributed by atoms with E-state index in [0.717, 1.165) is 24.3 Å². The third-order valence-electron chi connectivity index (χ3n) is 3.95. The van der Waals surface area contributed by atoms with Gasteiger partial charge < -0.3 is 5.32 Å². The Bertz CT molecular complexity index is 1180. The Morgan fingerprint density at radius 2 is 1.87 bits per heavy atom. The molecule has 8 nitrogen and oxygen atoms in total. The molecule has 0 bridgehead atoms. The van der Waals surface area contributed by atoms with Crippen molar-refractivity contribution in [2.24, 2.45) is 0 Å². The molecule has 3 aromatic rings. The number of nitrogens with one attached hydrogen (secondary N) is 2. The van der Waals surface area contributed by atoms with E-state index in [0.29, 0.717) is 10.8 Å². The van der Waals surface area contributed by atoms with Gasteiger partial charge in [0.1, 0.15) is 12.9 Å². The molecule has 0 fully saturated rings. The number of halogens is 3. The van der Waals surface area contributed by atoms with E-state index in [9.17, 15) is 26.4 Å². The molecule has 2 aromatic carbocycles. The molecular weight excluding hydrogens is 455 g/mol. The van der Waals surface area contributed by atoms with E-state index in [1.165, 1.54) is 18.1 Å². The molecule has 3 rings (SSSR count). The highest BCUT2D eigenvalue weighted by Gasteiger charge is 2.28. The summed E-state index contributed by atoms with van der Waals surface area (Å²) in [6, 6.07) is 11.1. The van der Waals surface area contributed by atoms with Crippen molar-refractivity contribution in [3.05, 3.63) is 60.4 Å². The van der Waals surface area contributed by atoms with Crippen molar-refractivity contribution in [1.82, 2.24) is 20.1 Å². The first-order valence-corrected chi connectivity index (χ1v) is 11.3. The van der Waals surface area contributed by atoms with Gasteiger partial charge in [-0.15, -0.1) is 10.2 Å². The summed E-state index contributed by atoms with van der Waals surface area (Å²) in [5, 5.41) is 10.1. The Hall–Kier alpha value is -3.06. The lowest BCUT2D eigenvalue weighted by molar-refractivity contribution is -0.123. The third-order valence-corrected chi connectivity index (χ3v) is 5.99. The van der Waals surface area contributed by atoms with Gasteiger partial charge >= 0.3 is 6.18 Å². The number of hydrogen-bond donors (Lipinski definition) is 2. The largest absolute Gasteiger partial charge is 0.405 e.